The predicted molar refractivity (Wildman–Crippen MR) is 74.8 cm³/mol. The predicted octanol–water partition coefficient (Wildman–Crippen LogP) is 1.96. The monoisotopic (exact) mass is 272 g/mol. The molecule has 4 heteroatoms. The molecule has 2 bridgehead atoms. The zero-order valence-corrected chi connectivity index (χ0v) is 11.8. The van der Waals surface area contributed by atoms with E-state index in [-0.39, 0.29) is 18.3 Å². The Labute approximate surface area is 116 Å². The number of hydrogen-bond donors (Lipinski definition) is 2. The molecule has 0 spiro atoms. The lowest BCUT2D eigenvalue weighted by Crippen LogP contribution is -2.38. The maximum atomic E-state index is 11.6. The zero-order valence-electron chi connectivity index (χ0n) is 11.0. The van der Waals surface area contributed by atoms with E-state index in [2.05, 4.69) is 10.6 Å². The molecule has 0 aromatic carbocycles. The molecule has 18 heavy (non-hydrogen) atoms. The molecular formula is C14H25ClN2O. The van der Waals surface area contributed by atoms with Gasteiger partial charge >= 0.3 is 0 Å². The van der Waals surface area contributed by atoms with Crippen LogP contribution in [0.3, 0.4) is 0 Å². The van der Waals surface area contributed by atoms with Crippen molar-refractivity contribution in [2.75, 3.05) is 19.6 Å². The summed E-state index contributed by atoms with van der Waals surface area (Å²) in [6, 6.07) is 0. The van der Waals surface area contributed by atoms with E-state index in [9.17, 15) is 4.79 Å². The van der Waals surface area contributed by atoms with Crippen molar-refractivity contribution >= 4 is 18.3 Å². The minimum absolute atomic E-state index is 0. The van der Waals surface area contributed by atoms with Crippen molar-refractivity contribution in [2.45, 2.75) is 38.5 Å². The molecule has 3 saturated carbocycles. The van der Waals surface area contributed by atoms with Crippen LogP contribution in [0, 0.1) is 23.7 Å². The summed E-state index contributed by atoms with van der Waals surface area (Å²) in [6.07, 6.45) is 8.34. The molecule has 3 rings (SSSR count). The van der Waals surface area contributed by atoms with Crippen molar-refractivity contribution < 1.29 is 4.79 Å². The van der Waals surface area contributed by atoms with Gasteiger partial charge in [0.25, 0.3) is 0 Å². The minimum atomic E-state index is 0. The summed E-state index contributed by atoms with van der Waals surface area (Å²) in [5.41, 5.74) is 0. The normalized spacial score (nSPS) is 33.2. The number of halogens is 1. The van der Waals surface area contributed by atoms with Gasteiger partial charge in [-0.3, -0.25) is 4.79 Å². The highest BCUT2D eigenvalue weighted by Gasteiger charge is 2.39. The molecule has 0 aromatic rings. The van der Waals surface area contributed by atoms with E-state index >= 15 is 0 Å². The highest BCUT2D eigenvalue weighted by atomic mass is 35.5. The molecule has 3 unspecified atom stereocenters. The summed E-state index contributed by atoms with van der Waals surface area (Å²) in [6.45, 7) is 2.46. The van der Waals surface area contributed by atoms with Gasteiger partial charge in [-0.1, -0.05) is 6.42 Å². The maximum absolute atomic E-state index is 11.6. The van der Waals surface area contributed by atoms with Crippen molar-refractivity contribution in [3.63, 3.8) is 0 Å². The van der Waals surface area contributed by atoms with Crippen LogP contribution in [0.2, 0.25) is 0 Å². The van der Waals surface area contributed by atoms with Crippen molar-refractivity contribution in [1.82, 2.24) is 10.6 Å². The van der Waals surface area contributed by atoms with Gasteiger partial charge < -0.3 is 10.6 Å². The number of rotatable bonds is 6. The molecule has 2 N–H and O–H groups in total. The van der Waals surface area contributed by atoms with Gasteiger partial charge in [0.15, 0.2) is 0 Å². The van der Waals surface area contributed by atoms with E-state index in [1.165, 1.54) is 38.5 Å². The minimum Gasteiger partial charge on any atom is -0.355 e. The van der Waals surface area contributed by atoms with E-state index < -0.39 is 0 Å². The molecule has 0 heterocycles. The fraction of sp³-hybridized carbons (Fsp3) is 0.929. The molecule has 3 nitrogen and oxygen atoms in total. The second-order valence-corrected chi connectivity index (χ2v) is 6.31. The van der Waals surface area contributed by atoms with Gasteiger partial charge in [-0.05, 0) is 62.3 Å². The number of carbonyl (C=O) groups is 1. The van der Waals surface area contributed by atoms with Gasteiger partial charge in [0.2, 0.25) is 5.91 Å². The first kappa shape index (κ1) is 14.1. The first-order chi connectivity index (χ1) is 8.31. The Hall–Kier alpha value is -0.280. The van der Waals surface area contributed by atoms with Crippen LogP contribution in [0.15, 0.2) is 0 Å². The summed E-state index contributed by atoms with van der Waals surface area (Å²) >= 11 is 0. The molecule has 3 aliphatic carbocycles. The van der Waals surface area contributed by atoms with E-state index in [0.29, 0.717) is 6.54 Å². The lowest BCUT2D eigenvalue weighted by atomic mass is 9.89. The highest BCUT2D eigenvalue weighted by Crippen LogP contribution is 2.47. The lowest BCUT2D eigenvalue weighted by molar-refractivity contribution is -0.120. The Bertz CT molecular complexity index is 294. The van der Waals surface area contributed by atoms with Crippen LogP contribution in [0.5, 0.6) is 0 Å². The van der Waals surface area contributed by atoms with Crippen molar-refractivity contribution in [1.29, 1.82) is 0 Å². The third-order valence-corrected chi connectivity index (χ3v) is 4.86. The Morgan fingerprint density at radius 1 is 1.06 bits per heavy atom. The van der Waals surface area contributed by atoms with E-state index in [1.807, 2.05) is 0 Å². The quantitative estimate of drug-likeness (QED) is 0.776. The Morgan fingerprint density at radius 2 is 1.89 bits per heavy atom. The average molecular weight is 273 g/mol. The van der Waals surface area contributed by atoms with Gasteiger partial charge in [-0.25, -0.2) is 0 Å². The Balaban J connectivity index is 0.00000120. The van der Waals surface area contributed by atoms with E-state index in [0.717, 1.165) is 36.8 Å². The number of hydrogen-bond acceptors (Lipinski definition) is 2. The molecule has 0 aliphatic heterocycles. The number of amides is 1. The van der Waals surface area contributed by atoms with Crippen molar-refractivity contribution in [3.8, 4) is 0 Å². The van der Waals surface area contributed by atoms with E-state index in [4.69, 9.17) is 0 Å². The molecule has 0 aromatic heterocycles. The standard InChI is InChI=1S/C14H24N2O.ClH/c17-14(9-15-7-10-1-2-10)16-8-13-6-11-3-4-12(13)5-11;/h10-13,15H,1-9H2,(H,16,17);1H. The average Bonchev–Trinajstić information content (AvgIpc) is 2.91. The summed E-state index contributed by atoms with van der Waals surface area (Å²) in [4.78, 5) is 11.6. The van der Waals surface area contributed by atoms with Crippen molar-refractivity contribution in [2.24, 2.45) is 23.7 Å². The summed E-state index contributed by atoms with van der Waals surface area (Å²) in [5, 5.41) is 6.35. The van der Waals surface area contributed by atoms with Crippen LogP contribution >= 0.6 is 12.4 Å². The maximum Gasteiger partial charge on any atom is 0.233 e. The molecular weight excluding hydrogens is 248 g/mol. The van der Waals surface area contributed by atoms with Crippen LogP contribution in [-0.4, -0.2) is 25.5 Å². The fourth-order valence-electron chi connectivity index (χ4n) is 3.65. The smallest absolute Gasteiger partial charge is 0.233 e. The lowest BCUT2D eigenvalue weighted by Gasteiger charge is -2.21. The van der Waals surface area contributed by atoms with Gasteiger partial charge in [0.05, 0.1) is 6.54 Å². The molecule has 0 radical (unpaired) electrons. The molecule has 1 amide bonds. The van der Waals surface area contributed by atoms with Crippen molar-refractivity contribution in [3.05, 3.63) is 0 Å². The highest BCUT2D eigenvalue weighted by molar-refractivity contribution is 5.85. The molecule has 104 valence electrons. The number of fused-ring (bicyclic) bond motifs is 2. The number of nitrogens with one attached hydrogen (secondary N) is 2. The zero-order chi connectivity index (χ0) is 11.7. The van der Waals surface area contributed by atoms with Crippen LogP contribution in [0.4, 0.5) is 0 Å². The number of carbonyl (C=O) groups excluding carboxylic acids is 1. The van der Waals surface area contributed by atoms with Gasteiger partial charge in [-0.15, -0.1) is 12.4 Å². The van der Waals surface area contributed by atoms with Gasteiger partial charge in [-0.2, -0.15) is 0 Å². The second kappa shape index (κ2) is 6.25. The molecule has 3 atom stereocenters. The van der Waals surface area contributed by atoms with Crippen LogP contribution in [0.1, 0.15) is 38.5 Å². The first-order valence-electron chi connectivity index (χ1n) is 7.28. The first-order valence-corrected chi connectivity index (χ1v) is 7.28. The van der Waals surface area contributed by atoms with Gasteiger partial charge in [0, 0.05) is 6.54 Å². The second-order valence-electron chi connectivity index (χ2n) is 6.31. The third-order valence-electron chi connectivity index (χ3n) is 4.86. The van der Waals surface area contributed by atoms with Crippen LogP contribution in [-0.2, 0) is 4.79 Å². The summed E-state index contributed by atoms with van der Waals surface area (Å²) in [5.74, 6) is 3.72. The van der Waals surface area contributed by atoms with Gasteiger partial charge in [0.1, 0.15) is 0 Å². The van der Waals surface area contributed by atoms with E-state index in [1.54, 1.807) is 0 Å². The third kappa shape index (κ3) is 3.61. The summed E-state index contributed by atoms with van der Waals surface area (Å²) < 4.78 is 0. The van der Waals surface area contributed by atoms with Crippen LogP contribution in [0.25, 0.3) is 0 Å². The molecule has 0 saturated heterocycles. The molecule has 3 fully saturated rings. The summed E-state index contributed by atoms with van der Waals surface area (Å²) in [7, 11) is 0. The fourth-order valence-corrected chi connectivity index (χ4v) is 3.65. The largest absolute Gasteiger partial charge is 0.355 e. The Kier molecular flexibility index (Phi) is 4.91. The molecule has 3 aliphatic rings. The topological polar surface area (TPSA) is 41.1 Å². The SMILES string of the molecule is Cl.O=C(CNCC1CC1)NCC1CC2CCC1C2. The van der Waals surface area contributed by atoms with Crippen LogP contribution < -0.4 is 10.6 Å². The Morgan fingerprint density at radius 3 is 2.50 bits per heavy atom.